The van der Waals surface area contributed by atoms with Crippen molar-refractivity contribution in [2.24, 2.45) is 0 Å². The highest BCUT2D eigenvalue weighted by molar-refractivity contribution is 6.07. The van der Waals surface area contributed by atoms with Gasteiger partial charge in [0.15, 0.2) is 23.1 Å². The van der Waals surface area contributed by atoms with Crippen molar-refractivity contribution in [2.75, 3.05) is 7.11 Å². The first-order valence-corrected chi connectivity index (χ1v) is 8.12. The lowest BCUT2D eigenvalue weighted by Crippen LogP contribution is -1.99. The number of carbonyl (C=O) groups excluding carboxylic acids is 1. The van der Waals surface area contributed by atoms with E-state index in [0.717, 1.165) is 22.7 Å². The Balaban J connectivity index is 1.88. The lowest BCUT2D eigenvalue weighted by molar-refractivity contribution is 0.104. The third-order valence-corrected chi connectivity index (χ3v) is 4.19. The number of carbonyl (C=O) groups is 1. The molecule has 0 saturated heterocycles. The lowest BCUT2D eigenvalue weighted by Gasteiger charge is -2.04. The van der Waals surface area contributed by atoms with E-state index in [4.69, 9.17) is 9.26 Å². The van der Waals surface area contributed by atoms with Gasteiger partial charge < -0.3 is 14.4 Å². The van der Waals surface area contributed by atoms with Gasteiger partial charge in [-0.05, 0) is 62.8 Å². The van der Waals surface area contributed by atoms with Crippen LogP contribution in [0.25, 0.3) is 11.9 Å². The Morgan fingerprint density at radius 1 is 1.23 bits per heavy atom. The van der Waals surface area contributed by atoms with Gasteiger partial charge in [0.05, 0.1) is 7.11 Å². The van der Waals surface area contributed by atoms with Gasteiger partial charge in [-0.3, -0.25) is 9.36 Å². The largest absolute Gasteiger partial charge is 0.504 e. The van der Waals surface area contributed by atoms with E-state index in [2.05, 4.69) is 5.16 Å². The van der Waals surface area contributed by atoms with Gasteiger partial charge in [-0.15, -0.1) is 0 Å². The van der Waals surface area contributed by atoms with E-state index in [1.807, 2.05) is 37.5 Å². The number of ketones is 1. The fraction of sp³-hybridized carbons (Fsp3) is 0.200. The normalized spacial score (nSPS) is 11.2. The molecule has 26 heavy (non-hydrogen) atoms. The number of phenolic OH excluding ortho intramolecular Hbond substituents is 1. The van der Waals surface area contributed by atoms with E-state index in [0.29, 0.717) is 11.4 Å². The summed E-state index contributed by atoms with van der Waals surface area (Å²) < 4.78 is 12.2. The van der Waals surface area contributed by atoms with Crippen LogP contribution in [0.3, 0.4) is 0 Å². The molecule has 0 radical (unpaired) electrons. The average Bonchev–Trinajstić information content (AvgIpc) is 3.15. The molecule has 1 aromatic carbocycles. The second-order valence-electron chi connectivity index (χ2n) is 6.04. The van der Waals surface area contributed by atoms with Crippen molar-refractivity contribution in [3.63, 3.8) is 0 Å². The van der Waals surface area contributed by atoms with Crippen molar-refractivity contribution < 1.29 is 19.2 Å². The van der Waals surface area contributed by atoms with Crippen LogP contribution in [0.4, 0.5) is 0 Å². The summed E-state index contributed by atoms with van der Waals surface area (Å²) in [5, 5.41) is 13.7. The molecule has 3 rings (SSSR count). The highest BCUT2D eigenvalue weighted by Gasteiger charge is 2.13. The van der Waals surface area contributed by atoms with Crippen molar-refractivity contribution >= 4 is 11.9 Å². The Hall–Kier alpha value is -3.28. The van der Waals surface area contributed by atoms with Crippen LogP contribution in [0.1, 0.15) is 33.1 Å². The molecule has 3 aromatic rings. The van der Waals surface area contributed by atoms with Gasteiger partial charge in [0, 0.05) is 23.0 Å². The van der Waals surface area contributed by atoms with Gasteiger partial charge in [-0.1, -0.05) is 5.16 Å². The number of methoxy groups -OCH3 is 1. The Morgan fingerprint density at radius 2 is 2.00 bits per heavy atom. The summed E-state index contributed by atoms with van der Waals surface area (Å²) in [4.78, 5) is 12.4. The van der Waals surface area contributed by atoms with E-state index < -0.39 is 0 Å². The predicted molar refractivity (Wildman–Crippen MR) is 98.1 cm³/mol. The van der Waals surface area contributed by atoms with Gasteiger partial charge in [-0.2, -0.15) is 0 Å². The number of allylic oxidation sites excluding steroid dienone is 1. The second kappa shape index (κ2) is 6.92. The summed E-state index contributed by atoms with van der Waals surface area (Å²) >= 11 is 0. The highest BCUT2D eigenvalue weighted by atomic mass is 16.5. The molecule has 0 fully saturated rings. The Kier molecular flexibility index (Phi) is 4.67. The van der Waals surface area contributed by atoms with E-state index in [1.54, 1.807) is 12.1 Å². The summed E-state index contributed by atoms with van der Waals surface area (Å²) in [6, 6.07) is 8.37. The minimum Gasteiger partial charge on any atom is -0.504 e. The number of hydrogen-bond donors (Lipinski definition) is 1. The molecule has 134 valence electrons. The van der Waals surface area contributed by atoms with Crippen molar-refractivity contribution in [2.45, 2.75) is 20.8 Å². The number of aromatic nitrogens is 2. The van der Waals surface area contributed by atoms with Gasteiger partial charge in [0.2, 0.25) is 0 Å². The van der Waals surface area contributed by atoms with Crippen LogP contribution in [0.2, 0.25) is 0 Å². The molecular formula is C20H20N2O4. The zero-order valence-corrected chi connectivity index (χ0v) is 15.1. The highest BCUT2D eigenvalue weighted by Crippen LogP contribution is 2.27. The zero-order chi connectivity index (χ0) is 18.8. The SMILES string of the molecule is COc1cc(C(=O)/C=C/c2cc(C)n(-c3cc(C)on3)c2C)ccc1O. The molecule has 1 N–H and O–H groups in total. The van der Waals surface area contributed by atoms with E-state index in [-0.39, 0.29) is 17.3 Å². The number of hydrogen-bond acceptors (Lipinski definition) is 5. The van der Waals surface area contributed by atoms with Crippen LogP contribution < -0.4 is 4.74 Å². The van der Waals surface area contributed by atoms with E-state index in [9.17, 15) is 9.90 Å². The predicted octanol–water partition coefficient (Wildman–Crippen LogP) is 4.00. The van der Waals surface area contributed by atoms with Crippen LogP contribution in [-0.2, 0) is 0 Å². The first-order valence-electron chi connectivity index (χ1n) is 8.12. The van der Waals surface area contributed by atoms with Crippen LogP contribution >= 0.6 is 0 Å². The molecule has 0 saturated carbocycles. The number of aromatic hydroxyl groups is 1. The lowest BCUT2D eigenvalue weighted by atomic mass is 10.1. The molecule has 0 spiro atoms. The molecule has 0 aliphatic carbocycles. The molecule has 0 unspecified atom stereocenters. The zero-order valence-electron chi connectivity index (χ0n) is 15.1. The minimum absolute atomic E-state index is 0.000481. The summed E-state index contributed by atoms with van der Waals surface area (Å²) in [7, 11) is 1.44. The summed E-state index contributed by atoms with van der Waals surface area (Å²) in [5.41, 5.74) is 3.32. The van der Waals surface area contributed by atoms with Gasteiger partial charge >= 0.3 is 0 Å². The fourth-order valence-corrected chi connectivity index (χ4v) is 2.86. The molecule has 2 aromatic heterocycles. The molecule has 0 atom stereocenters. The maximum atomic E-state index is 12.4. The number of nitrogens with zero attached hydrogens (tertiary/aromatic N) is 2. The number of aryl methyl sites for hydroxylation is 2. The Bertz CT molecular complexity index is 995. The van der Waals surface area contributed by atoms with Crippen LogP contribution in [-0.4, -0.2) is 27.7 Å². The molecule has 0 amide bonds. The van der Waals surface area contributed by atoms with Crippen molar-refractivity contribution in [3.8, 4) is 17.3 Å². The third-order valence-electron chi connectivity index (χ3n) is 4.19. The smallest absolute Gasteiger partial charge is 0.185 e. The molecule has 0 aliphatic heterocycles. The van der Waals surface area contributed by atoms with Crippen LogP contribution in [0.5, 0.6) is 11.5 Å². The first-order chi connectivity index (χ1) is 12.4. The topological polar surface area (TPSA) is 77.5 Å². The number of ether oxygens (including phenoxy) is 1. The first kappa shape index (κ1) is 17.5. The van der Waals surface area contributed by atoms with Gasteiger partial charge in [0.1, 0.15) is 5.76 Å². The average molecular weight is 352 g/mol. The molecule has 0 bridgehead atoms. The summed E-state index contributed by atoms with van der Waals surface area (Å²) in [5.74, 6) is 1.54. The van der Waals surface area contributed by atoms with Gasteiger partial charge in [-0.25, -0.2) is 0 Å². The summed E-state index contributed by atoms with van der Waals surface area (Å²) in [6.45, 7) is 5.78. The van der Waals surface area contributed by atoms with Crippen molar-refractivity contribution in [1.29, 1.82) is 0 Å². The molecule has 6 heteroatoms. The standard InChI is InChI=1S/C20H20N2O4/c1-12-9-15(14(3)22(12)20-10-13(2)26-21-20)5-7-17(23)16-6-8-18(24)19(11-16)25-4/h5-11,24H,1-4H3/b7-5+. The molecule has 6 nitrogen and oxygen atoms in total. The molecule has 2 heterocycles. The van der Waals surface area contributed by atoms with E-state index in [1.165, 1.54) is 25.3 Å². The van der Waals surface area contributed by atoms with E-state index >= 15 is 0 Å². The minimum atomic E-state index is -0.176. The van der Waals surface area contributed by atoms with Crippen molar-refractivity contribution in [1.82, 2.24) is 9.72 Å². The van der Waals surface area contributed by atoms with Crippen molar-refractivity contribution in [3.05, 3.63) is 64.7 Å². The Morgan fingerprint density at radius 3 is 2.65 bits per heavy atom. The molecular weight excluding hydrogens is 332 g/mol. The second-order valence-corrected chi connectivity index (χ2v) is 6.04. The number of phenols is 1. The van der Waals surface area contributed by atoms with Crippen LogP contribution in [0.15, 0.2) is 40.9 Å². The maximum absolute atomic E-state index is 12.4. The van der Waals surface area contributed by atoms with Gasteiger partial charge in [0.25, 0.3) is 0 Å². The molecule has 0 aliphatic rings. The monoisotopic (exact) mass is 352 g/mol. The number of benzene rings is 1. The Labute approximate surface area is 151 Å². The number of rotatable bonds is 5. The van der Waals surface area contributed by atoms with Crippen LogP contribution in [0, 0.1) is 20.8 Å². The quantitative estimate of drug-likeness (QED) is 0.555. The maximum Gasteiger partial charge on any atom is 0.185 e. The summed E-state index contributed by atoms with van der Waals surface area (Å²) in [6.07, 6.45) is 3.28. The third kappa shape index (κ3) is 3.26. The fourth-order valence-electron chi connectivity index (χ4n) is 2.86.